The Hall–Kier alpha value is -0.0800. The van der Waals surface area contributed by atoms with E-state index in [4.69, 9.17) is 0 Å². The Labute approximate surface area is 100.0 Å². The van der Waals surface area contributed by atoms with Gasteiger partial charge in [0.15, 0.2) is 0 Å². The highest BCUT2D eigenvalue weighted by Crippen LogP contribution is 2.37. The van der Waals surface area contributed by atoms with Crippen LogP contribution in [0, 0.1) is 0 Å². The highest BCUT2D eigenvalue weighted by atomic mass is 15.4. The van der Waals surface area contributed by atoms with Gasteiger partial charge in [-0.1, -0.05) is 19.8 Å². The zero-order valence-corrected chi connectivity index (χ0v) is 10.7. The first-order valence-electron chi connectivity index (χ1n) is 7.41. The molecule has 0 aromatic heterocycles. The highest BCUT2D eigenvalue weighted by molar-refractivity contribution is 4.96. The Morgan fingerprint density at radius 1 is 1.00 bits per heavy atom. The summed E-state index contributed by atoms with van der Waals surface area (Å²) < 4.78 is 0. The summed E-state index contributed by atoms with van der Waals surface area (Å²) in [5, 5.41) is 0. The minimum absolute atomic E-state index is 0.829. The first-order chi connectivity index (χ1) is 7.90. The second-order valence-electron chi connectivity index (χ2n) is 5.93. The summed E-state index contributed by atoms with van der Waals surface area (Å²) in [4.78, 5) is 5.69. The minimum Gasteiger partial charge on any atom is -0.285 e. The van der Waals surface area contributed by atoms with E-state index in [0.717, 1.165) is 18.2 Å². The lowest BCUT2D eigenvalue weighted by atomic mass is 9.89. The molecule has 0 aromatic carbocycles. The summed E-state index contributed by atoms with van der Waals surface area (Å²) in [7, 11) is 0. The third-order valence-electron chi connectivity index (χ3n) is 4.95. The molecular weight excluding hydrogens is 196 g/mol. The van der Waals surface area contributed by atoms with Crippen LogP contribution in [-0.4, -0.2) is 41.1 Å². The second-order valence-corrected chi connectivity index (χ2v) is 5.93. The molecule has 3 heterocycles. The molecule has 3 saturated heterocycles. The van der Waals surface area contributed by atoms with Crippen molar-refractivity contribution in [2.75, 3.05) is 13.1 Å². The van der Waals surface area contributed by atoms with Crippen LogP contribution in [0.25, 0.3) is 0 Å². The third kappa shape index (κ3) is 1.80. The van der Waals surface area contributed by atoms with Crippen molar-refractivity contribution in [2.24, 2.45) is 0 Å². The van der Waals surface area contributed by atoms with Gasteiger partial charge in [0.1, 0.15) is 0 Å². The maximum atomic E-state index is 2.85. The van der Waals surface area contributed by atoms with Gasteiger partial charge in [-0.25, -0.2) is 0 Å². The molecule has 0 amide bonds. The van der Waals surface area contributed by atoms with E-state index < -0.39 is 0 Å². The van der Waals surface area contributed by atoms with Crippen LogP contribution in [0.2, 0.25) is 0 Å². The molecule has 3 rings (SSSR count). The Morgan fingerprint density at radius 3 is 2.75 bits per heavy atom. The topological polar surface area (TPSA) is 6.48 Å². The molecule has 92 valence electrons. The second kappa shape index (κ2) is 4.66. The Kier molecular flexibility index (Phi) is 3.21. The van der Waals surface area contributed by atoms with Crippen LogP contribution in [-0.2, 0) is 0 Å². The molecule has 0 aromatic rings. The normalized spacial score (nSPS) is 40.7. The molecule has 0 bridgehead atoms. The molecule has 0 radical (unpaired) electrons. The summed E-state index contributed by atoms with van der Waals surface area (Å²) in [5.41, 5.74) is 0. The van der Waals surface area contributed by atoms with Gasteiger partial charge >= 0.3 is 0 Å². The summed E-state index contributed by atoms with van der Waals surface area (Å²) in [6, 6.07) is 1.85. The van der Waals surface area contributed by atoms with Crippen molar-refractivity contribution < 1.29 is 0 Å². The minimum atomic E-state index is 0.829. The summed E-state index contributed by atoms with van der Waals surface area (Å²) in [5.74, 6) is 0. The van der Waals surface area contributed by atoms with Crippen LogP contribution in [0.4, 0.5) is 0 Å². The van der Waals surface area contributed by atoms with Gasteiger partial charge in [-0.3, -0.25) is 9.80 Å². The number of rotatable bonds is 2. The van der Waals surface area contributed by atoms with Crippen LogP contribution in [0.15, 0.2) is 0 Å². The molecular formula is C14H26N2. The van der Waals surface area contributed by atoms with Crippen LogP contribution < -0.4 is 0 Å². The molecule has 1 unspecified atom stereocenters. The molecule has 0 spiro atoms. The fourth-order valence-corrected chi connectivity index (χ4v) is 4.29. The van der Waals surface area contributed by atoms with E-state index in [-0.39, 0.29) is 0 Å². The van der Waals surface area contributed by atoms with Crippen molar-refractivity contribution in [1.82, 2.24) is 9.80 Å². The lowest BCUT2D eigenvalue weighted by Crippen LogP contribution is -2.60. The van der Waals surface area contributed by atoms with Gasteiger partial charge in [0.05, 0.1) is 6.17 Å². The number of nitrogens with zero attached hydrogens (tertiary/aromatic N) is 2. The SMILES string of the molecule is CCCC1C[C@H]2CCCCN2[C@H]2CCCN12. The zero-order valence-electron chi connectivity index (χ0n) is 10.7. The van der Waals surface area contributed by atoms with Gasteiger partial charge in [-0.2, -0.15) is 0 Å². The van der Waals surface area contributed by atoms with E-state index in [1.807, 2.05) is 0 Å². The average molecular weight is 222 g/mol. The fraction of sp³-hybridized carbons (Fsp3) is 1.00. The first kappa shape index (κ1) is 11.0. The lowest BCUT2D eigenvalue weighted by Gasteiger charge is -2.51. The maximum absolute atomic E-state index is 2.85. The largest absolute Gasteiger partial charge is 0.285 e. The van der Waals surface area contributed by atoms with Crippen LogP contribution in [0.1, 0.15) is 58.3 Å². The van der Waals surface area contributed by atoms with Gasteiger partial charge in [0, 0.05) is 18.6 Å². The molecule has 0 aliphatic carbocycles. The molecule has 2 nitrogen and oxygen atoms in total. The fourth-order valence-electron chi connectivity index (χ4n) is 4.29. The molecule has 0 saturated carbocycles. The third-order valence-corrected chi connectivity index (χ3v) is 4.95. The highest BCUT2D eigenvalue weighted by Gasteiger charge is 2.43. The first-order valence-corrected chi connectivity index (χ1v) is 7.41. The van der Waals surface area contributed by atoms with Crippen LogP contribution >= 0.6 is 0 Å². The van der Waals surface area contributed by atoms with Gasteiger partial charge in [-0.15, -0.1) is 0 Å². The van der Waals surface area contributed by atoms with Crippen molar-refractivity contribution >= 4 is 0 Å². The predicted octanol–water partition coefficient (Wildman–Crippen LogP) is 2.84. The van der Waals surface area contributed by atoms with Crippen molar-refractivity contribution in [2.45, 2.75) is 76.5 Å². The lowest BCUT2D eigenvalue weighted by molar-refractivity contribution is -0.0607. The monoisotopic (exact) mass is 222 g/mol. The van der Waals surface area contributed by atoms with E-state index in [1.165, 1.54) is 64.5 Å². The van der Waals surface area contributed by atoms with Gasteiger partial charge in [0.25, 0.3) is 0 Å². The summed E-state index contributed by atoms with van der Waals surface area (Å²) >= 11 is 0. The smallest absolute Gasteiger partial charge is 0.0627 e. The van der Waals surface area contributed by atoms with Crippen LogP contribution in [0.3, 0.4) is 0 Å². The summed E-state index contributed by atoms with van der Waals surface area (Å²) in [6.45, 7) is 5.10. The van der Waals surface area contributed by atoms with Gasteiger partial charge in [-0.05, 0) is 45.1 Å². The molecule has 2 heteroatoms. The zero-order chi connectivity index (χ0) is 11.0. The molecule has 16 heavy (non-hydrogen) atoms. The van der Waals surface area contributed by atoms with E-state index in [9.17, 15) is 0 Å². The van der Waals surface area contributed by atoms with E-state index >= 15 is 0 Å². The molecule has 3 atom stereocenters. The molecule has 3 aliphatic rings. The number of hydrogen-bond acceptors (Lipinski definition) is 2. The number of fused-ring (bicyclic) bond motifs is 3. The van der Waals surface area contributed by atoms with Crippen molar-refractivity contribution in [1.29, 1.82) is 0 Å². The Balaban J connectivity index is 1.75. The molecule has 0 N–H and O–H groups in total. The van der Waals surface area contributed by atoms with E-state index in [0.29, 0.717) is 0 Å². The number of hydrogen-bond donors (Lipinski definition) is 0. The predicted molar refractivity (Wildman–Crippen MR) is 67.4 cm³/mol. The van der Waals surface area contributed by atoms with Crippen LogP contribution in [0.5, 0.6) is 0 Å². The standard InChI is InChI=1S/C14H26N2/c1-2-6-12-11-13-7-3-4-9-15(13)14-8-5-10-16(12)14/h12-14H,2-11H2,1H3/t12?,13-,14-/m1/s1. The Morgan fingerprint density at radius 2 is 1.88 bits per heavy atom. The molecule has 3 aliphatic heterocycles. The van der Waals surface area contributed by atoms with E-state index in [2.05, 4.69) is 16.7 Å². The Bertz CT molecular complexity index is 241. The van der Waals surface area contributed by atoms with Gasteiger partial charge in [0.2, 0.25) is 0 Å². The van der Waals surface area contributed by atoms with Crippen molar-refractivity contribution in [3.05, 3.63) is 0 Å². The average Bonchev–Trinajstić information content (AvgIpc) is 2.79. The summed E-state index contributed by atoms with van der Waals surface area (Å²) in [6.07, 6.45) is 12.4. The number of piperidine rings is 1. The van der Waals surface area contributed by atoms with E-state index in [1.54, 1.807) is 0 Å². The quantitative estimate of drug-likeness (QED) is 0.709. The molecule has 3 fully saturated rings. The van der Waals surface area contributed by atoms with Crippen molar-refractivity contribution in [3.63, 3.8) is 0 Å². The maximum Gasteiger partial charge on any atom is 0.0627 e. The van der Waals surface area contributed by atoms with Crippen molar-refractivity contribution in [3.8, 4) is 0 Å². The van der Waals surface area contributed by atoms with Gasteiger partial charge < -0.3 is 0 Å².